The number of aryl methyl sites for hydroxylation is 3. The number of carbonyl (C=O) groups is 1. The van der Waals surface area contributed by atoms with Gasteiger partial charge in [-0.2, -0.15) is 0 Å². The maximum Gasteiger partial charge on any atom is 0.263 e. The molecule has 2 aromatic heterocycles. The summed E-state index contributed by atoms with van der Waals surface area (Å²) in [7, 11) is 1.90. The molecule has 2 aromatic rings. The second-order valence-electron chi connectivity index (χ2n) is 3.78. The Morgan fingerprint density at radius 2 is 2.29 bits per heavy atom. The number of carbonyl (C=O) groups excluding carboxylic acids is 1. The molecule has 5 nitrogen and oxygen atoms in total. The van der Waals surface area contributed by atoms with Crippen LogP contribution in [-0.2, 0) is 13.6 Å². The van der Waals surface area contributed by atoms with Crippen LogP contribution in [0, 0.1) is 13.8 Å². The van der Waals surface area contributed by atoms with Crippen molar-refractivity contribution in [3.05, 3.63) is 33.8 Å². The maximum atomic E-state index is 11.9. The summed E-state index contributed by atoms with van der Waals surface area (Å²) in [5.41, 5.74) is 0.782. The third-order valence-electron chi connectivity index (χ3n) is 2.44. The number of thiazole rings is 1. The normalized spacial score (nSPS) is 10.5. The number of aromatic nitrogens is 3. The lowest BCUT2D eigenvalue weighted by Gasteiger charge is -2.04. The van der Waals surface area contributed by atoms with Gasteiger partial charge in [-0.25, -0.2) is 9.97 Å². The smallest absolute Gasteiger partial charge is 0.263 e. The summed E-state index contributed by atoms with van der Waals surface area (Å²) in [4.78, 5) is 21.0. The minimum absolute atomic E-state index is 0.0869. The van der Waals surface area contributed by atoms with E-state index >= 15 is 0 Å². The second kappa shape index (κ2) is 4.67. The van der Waals surface area contributed by atoms with Gasteiger partial charge in [0.05, 0.1) is 17.2 Å². The van der Waals surface area contributed by atoms with Crippen LogP contribution in [0.15, 0.2) is 12.4 Å². The third kappa shape index (κ3) is 2.52. The van der Waals surface area contributed by atoms with Crippen molar-refractivity contribution < 1.29 is 4.79 Å². The van der Waals surface area contributed by atoms with E-state index in [4.69, 9.17) is 0 Å². The quantitative estimate of drug-likeness (QED) is 0.896. The molecule has 17 heavy (non-hydrogen) atoms. The van der Waals surface area contributed by atoms with Crippen molar-refractivity contribution in [3.63, 3.8) is 0 Å². The molecule has 0 spiro atoms. The van der Waals surface area contributed by atoms with Crippen LogP contribution in [-0.4, -0.2) is 20.4 Å². The molecule has 0 atom stereocenters. The Balaban J connectivity index is 2.03. The van der Waals surface area contributed by atoms with E-state index in [0.717, 1.165) is 16.5 Å². The number of imidazole rings is 1. The van der Waals surface area contributed by atoms with Gasteiger partial charge in [0.2, 0.25) is 0 Å². The van der Waals surface area contributed by atoms with Gasteiger partial charge >= 0.3 is 0 Å². The first-order valence-corrected chi connectivity index (χ1v) is 6.08. The molecule has 0 saturated carbocycles. The minimum Gasteiger partial charge on any atom is -0.344 e. The molecule has 0 aromatic carbocycles. The molecule has 0 aliphatic heterocycles. The topological polar surface area (TPSA) is 59.8 Å². The van der Waals surface area contributed by atoms with E-state index in [2.05, 4.69) is 15.3 Å². The molecule has 90 valence electrons. The molecule has 0 saturated heterocycles. The van der Waals surface area contributed by atoms with E-state index in [0.29, 0.717) is 11.4 Å². The standard InChI is InChI=1S/C11H14N4OS/c1-7-10(17-8(2)14-7)11(16)13-6-9-12-4-5-15(9)3/h4-5H,6H2,1-3H3,(H,13,16). The molecule has 0 fully saturated rings. The summed E-state index contributed by atoms with van der Waals surface area (Å²) in [5.74, 6) is 0.744. The Hall–Kier alpha value is -1.69. The largest absolute Gasteiger partial charge is 0.344 e. The summed E-state index contributed by atoms with van der Waals surface area (Å²) in [6.07, 6.45) is 3.56. The predicted molar refractivity (Wildman–Crippen MR) is 66.0 cm³/mol. The molecule has 0 unspecified atom stereocenters. The first-order chi connectivity index (χ1) is 8.08. The summed E-state index contributed by atoms with van der Waals surface area (Å²) < 4.78 is 1.88. The second-order valence-corrected chi connectivity index (χ2v) is 4.99. The fourth-order valence-corrected chi connectivity index (χ4v) is 2.38. The first-order valence-electron chi connectivity index (χ1n) is 5.26. The molecule has 0 aliphatic rings. The molecule has 0 bridgehead atoms. The van der Waals surface area contributed by atoms with E-state index < -0.39 is 0 Å². The molecular formula is C11H14N4OS. The third-order valence-corrected chi connectivity index (χ3v) is 3.51. The van der Waals surface area contributed by atoms with Gasteiger partial charge in [-0.15, -0.1) is 11.3 Å². The Morgan fingerprint density at radius 1 is 1.53 bits per heavy atom. The molecular weight excluding hydrogens is 236 g/mol. The van der Waals surface area contributed by atoms with Gasteiger partial charge in [0.1, 0.15) is 10.7 Å². The number of nitrogens with zero attached hydrogens (tertiary/aromatic N) is 3. The molecule has 0 radical (unpaired) electrons. The maximum absolute atomic E-state index is 11.9. The summed E-state index contributed by atoms with van der Waals surface area (Å²) in [6, 6.07) is 0. The number of amides is 1. The number of hydrogen-bond donors (Lipinski definition) is 1. The zero-order valence-electron chi connectivity index (χ0n) is 10.0. The van der Waals surface area contributed by atoms with Crippen LogP contribution in [0.25, 0.3) is 0 Å². The van der Waals surface area contributed by atoms with Gasteiger partial charge in [-0.05, 0) is 13.8 Å². The lowest BCUT2D eigenvalue weighted by Crippen LogP contribution is -2.24. The van der Waals surface area contributed by atoms with Crippen molar-refractivity contribution in [1.82, 2.24) is 19.9 Å². The monoisotopic (exact) mass is 250 g/mol. The Morgan fingerprint density at radius 3 is 2.82 bits per heavy atom. The molecule has 2 rings (SSSR count). The van der Waals surface area contributed by atoms with Gasteiger partial charge < -0.3 is 9.88 Å². The van der Waals surface area contributed by atoms with Gasteiger partial charge in [0.25, 0.3) is 5.91 Å². The molecule has 1 N–H and O–H groups in total. The van der Waals surface area contributed by atoms with Crippen molar-refractivity contribution in [2.45, 2.75) is 20.4 Å². The highest BCUT2D eigenvalue weighted by Gasteiger charge is 2.13. The fraction of sp³-hybridized carbons (Fsp3) is 0.364. The Kier molecular flexibility index (Phi) is 3.23. The van der Waals surface area contributed by atoms with Gasteiger partial charge in [0, 0.05) is 19.4 Å². The average molecular weight is 250 g/mol. The van der Waals surface area contributed by atoms with Crippen molar-refractivity contribution in [1.29, 1.82) is 0 Å². The molecule has 6 heteroatoms. The SMILES string of the molecule is Cc1nc(C)c(C(=O)NCc2nccn2C)s1. The Bertz CT molecular complexity index is 543. The molecule has 0 aliphatic carbocycles. The van der Waals surface area contributed by atoms with Crippen LogP contribution in [0.3, 0.4) is 0 Å². The highest BCUT2D eigenvalue weighted by Crippen LogP contribution is 2.16. The highest BCUT2D eigenvalue weighted by atomic mass is 32.1. The lowest BCUT2D eigenvalue weighted by atomic mass is 10.3. The van der Waals surface area contributed by atoms with Gasteiger partial charge in [-0.1, -0.05) is 0 Å². The van der Waals surface area contributed by atoms with Crippen LogP contribution in [0.1, 0.15) is 26.2 Å². The Labute approximate surface area is 104 Å². The predicted octanol–water partition coefficient (Wildman–Crippen LogP) is 1.42. The summed E-state index contributed by atoms with van der Waals surface area (Å²) >= 11 is 1.41. The number of rotatable bonds is 3. The van der Waals surface area contributed by atoms with Crippen LogP contribution in [0.2, 0.25) is 0 Å². The lowest BCUT2D eigenvalue weighted by molar-refractivity contribution is 0.0953. The van der Waals surface area contributed by atoms with E-state index in [1.807, 2.05) is 31.7 Å². The minimum atomic E-state index is -0.0869. The summed E-state index contributed by atoms with van der Waals surface area (Å²) in [6.45, 7) is 4.17. The number of nitrogens with one attached hydrogen (secondary N) is 1. The highest BCUT2D eigenvalue weighted by molar-refractivity contribution is 7.13. The van der Waals surface area contributed by atoms with Crippen LogP contribution < -0.4 is 5.32 Å². The van der Waals surface area contributed by atoms with E-state index in [-0.39, 0.29) is 5.91 Å². The molecule has 1 amide bonds. The van der Waals surface area contributed by atoms with E-state index in [9.17, 15) is 4.79 Å². The summed E-state index contributed by atoms with van der Waals surface area (Å²) in [5, 5.41) is 3.75. The average Bonchev–Trinajstić information content (AvgIpc) is 2.81. The first kappa shape index (κ1) is 11.8. The van der Waals surface area contributed by atoms with E-state index in [1.165, 1.54) is 11.3 Å². The zero-order chi connectivity index (χ0) is 12.4. The van der Waals surface area contributed by atoms with E-state index in [1.54, 1.807) is 6.20 Å². The van der Waals surface area contributed by atoms with Gasteiger partial charge in [-0.3, -0.25) is 4.79 Å². The van der Waals surface area contributed by atoms with Crippen LogP contribution >= 0.6 is 11.3 Å². The molecule has 2 heterocycles. The van der Waals surface area contributed by atoms with Crippen molar-refractivity contribution in [2.24, 2.45) is 7.05 Å². The van der Waals surface area contributed by atoms with Crippen LogP contribution in [0.4, 0.5) is 0 Å². The van der Waals surface area contributed by atoms with Crippen molar-refractivity contribution in [3.8, 4) is 0 Å². The fourth-order valence-electron chi connectivity index (χ4n) is 1.55. The van der Waals surface area contributed by atoms with Crippen molar-refractivity contribution in [2.75, 3.05) is 0 Å². The number of hydrogen-bond acceptors (Lipinski definition) is 4. The zero-order valence-corrected chi connectivity index (χ0v) is 10.8. The van der Waals surface area contributed by atoms with Crippen LogP contribution in [0.5, 0.6) is 0 Å². The van der Waals surface area contributed by atoms with Crippen molar-refractivity contribution >= 4 is 17.2 Å². The van der Waals surface area contributed by atoms with Gasteiger partial charge in [0.15, 0.2) is 0 Å².